The van der Waals surface area contributed by atoms with Gasteiger partial charge in [0.05, 0.1) is 12.8 Å². The average molecular weight is 347 g/mol. The van der Waals surface area contributed by atoms with Gasteiger partial charge < -0.3 is 10.0 Å². The lowest BCUT2D eigenvalue weighted by Crippen LogP contribution is -2.48. The van der Waals surface area contributed by atoms with Gasteiger partial charge in [0.15, 0.2) is 11.5 Å². The summed E-state index contributed by atoms with van der Waals surface area (Å²) in [6.07, 6.45) is 0.846. The number of carbonyl (C=O) groups excluding carboxylic acids is 1. The van der Waals surface area contributed by atoms with E-state index in [1.165, 1.54) is 4.90 Å². The van der Waals surface area contributed by atoms with Crippen LogP contribution >= 0.6 is 0 Å². The Kier molecular flexibility index (Phi) is 5.35. The van der Waals surface area contributed by atoms with Crippen LogP contribution in [0.2, 0.25) is 0 Å². The van der Waals surface area contributed by atoms with Crippen LogP contribution in [0.15, 0.2) is 36.5 Å². The number of amides is 1. The van der Waals surface area contributed by atoms with Crippen LogP contribution in [-0.4, -0.2) is 52.0 Å². The molecule has 0 bridgehead atoms. The highest BCUT2D eigenvalue weighted by molar-refractivity contribution is 5.92. The van der Waals surface area contributed by atoms with Crippen LogP contribution in [0, 0.1) is 11.6 Å². The lowest BCUT2D eigenvalue weighted by Gasteiger charge is -2.34. The number of nitrogens with zero attached hydrogens (tertiary/aromatic N) is 3. The quantitative estimate of drug-likeness (QED) is 0.917. The molecular formula is C18H19F2N3O2. The van der Waals surface area contributed by atoms with E-state index in [-0.39, 0.29) is 12.3 Å². The number of aliphatic hydroxyl groups is 1. The summed E-state index contributed by atoms with van der Waals surface area (Å²) in [7, 11) is 0. The van der Waals surface area contributed by atoms with Crippen LogP contribution in [0.1, 0.15) is 21.6 Å². The third-order valence-corrected chi connectivity index (χ3v) is 4.35. The summed E-state index contributed by atoms with van der Waals surface area (Å²) in [6, 6.07) is 8.34. The molecule has 2 heterocycles. The highest BCUT2D eigenvalue weighted by Gasteiger charge is 2.25. The fourth-order valence-corrected chi connectivity index (χ4v) is 2.94. The van der Waals surface area contributed by atoms with Gasteiger partial charge in [-0.25, -0.2) is 13.8 Å². The number of piperazine rings is 1. The molecular weight excluding hydrogens is 328 g/mol. The molecule has 0 saturated carbocycles. The third-order valence-electron chi connectivity index (χ3n) is 4.35. The highest BCUT2D eigenvalue weighted by atomic mass is 19.1. The number of hydrogen-bond donors (Lipinski definition) is 1. The van der Waals surface area contributed by atoms with Crippen LogP contribution in [0.4, 0.5) is 8.78 Å². The zero-order chi connectivity index (χ0) is 17.8. The molecule has 1 aliphatic heterocycles. The molecule has 1 saturated heterocycles. The fourth-order valence-electron chi connectivity index (χ4n) is 2.94. The summed E-state index contributed by atoms with van der Waals surface area (Å²) in [5.41, 5.74) is 1.59. The molecule has 5 nitrogen and oxygen atoms in total. The van der Waals surface area contributed by atoms with Gasteiger partial charge in [-0.1, -0.05) is 24.3 Å². The normalized spacial score (nSPS) is 15.4. The van der Waals surface area contributed by atoms with Crippen LogP contribution in [0.3, 0.4) is 0 Å². The van der Waals surface area contributed by atoms with E-state index in [1.54, 1.807) is 0 Å². The second kappa shape index (κ2) is 7.67. The number of aliphatic hydroxyl groups excluding tert-OH is 1. The topological polar surface area (TPSA) is 56.7 Å². The second-order valence-electron chi connectivity index (χ2n) is 5.98. The van der Waals surface area contributed by atoms with E-state index in [4.69, 9.17) is 0 Å². The number of carbonyl (C=O) groups is 1. The first-order chi connectivity index (χ1) is 12.1. The summed E-state index contributed by atoms with van der Waals surface area (Å²) in [5.74, 6) is -2.27. The maximum atomic E-state index is 13.7. The molecule has 3 rings (SSSR count). The van der Waals surface area contributed by atoms with Gasteiger partial charge in [0, 0.05) is 38.8 Å². The van der Waals surface area contributed by atoms with Crippen molar-refractivity contribution in [3.8, 4) is 0 Å². The summed E-state index contributed by atoms with van der Waals surface area (Å²) in [6.45, 7) is 2.83. The van der Waals surface area contributed by atoms with Crippen molar-refractivity contribution in [2.45, 2.75) is 13.2 Å². The number of hydrogen-bond acceptors (Lipinski definition) is 4. The number of benzene rings is 1. The maximum absolute atomic E-state index is 13.7. The van der Waals surface area contributed by atoms with Crippen molar-refractivity contribution in [2.24, 2.45) is 0 Å². The molecule has 25 heavy (non-hydrogen) atoms. The number of halogens is 2. The summed E-state index contributed by atoms with van der Waals surface area (Å²) >= 11 is 0. The monoisotopic (exact) mass is 347 g/mol. The Morgan fingerprint density at radius 1 is 1.12 bits per heavy atom. The zero-order valence-electron chi connectivity index (χ0n) is 13.7. The Hall–Kier alpha value is -2.38. The second-order valence-corrected chi connectivity index (χ2v) is 5.98. The van der Waals surface area contributed by atoms with Gasteiger partial charge in [0.1, 0.15) is 5.82 Å². The number of aromatic nitrogens is 1. The van der Waals surface area contributed by atoms with Gasteiger partial charge in [-0.2, -0.15) is 0 Å². The van der Waals surface area contributed by atoms with Crippen LogP contribution in [0.25, 0.3) is 0 Å². The summed E-state index contributed by atoms with van der Waals surface area (Å²) in [4.78, 5) is 19.6. The van der Waals surface area contributed by atoms with Crippen LogP contribution in [0.5, 0.6) is 0 Å². The molecule has 0 atom stereocenters. The third kappa shape index (κ3) is 4.00. The zero-order valence-corrected chi connectivity index (χ0v) is 13.7. The Bertz CT molecular complexity index is 762. The SMILES string of the molecule is O=C(c1ncc(F)cc1F)N1CCN(Cc2ccccc2CO)CC1. The van der Waals surface area contributed by atoms with E-state index >= 15 is 0 Å². The van der Waals surface area contributed by atoms with Gasteiger partial charge in [-0.05, 0) is 11.1 Å². The van der Waals surface area contributed by atoms with E-state index < -0.39 is 17.5 Å². The summed E-state index contributed by atoms with van der Waals surface area (Å²) in [5, 5.41) is 9.39. The molecule has 1 N–H and O–H groups in total. The Labute approximate surface area is 144 Å². The van der Waals surface area contributed by atoms with E-state index in [9.17, 15) is 18.7 Å². The van der Waals surface area contributed by atoms with Crippen LogP contribution < -0.4 is 0 Å². The predicted molar refractivity (Wildman–Crippen MR) is 87.7 cm³/mol. The van der Waals surface area contributed by atoms with Crippen molar-refractivity contribution in [2.75, 3.05) is 26.2 Å². The molecule has 1 aromatic carbocycles. The van der Waals surface area contributed by atoms with Gasteiger partial charge in [0.25, 0.3) is 5.91 Å². The van der Waals surface area contributed by atoms with Gasteiger partial charge in [-0.15, -0.1) is 0 Å². The van der Waals surface area contributed by atoms with E-state index in [2.05, 4.69) is 9.88 Å². The van der Waals surface area contributed by atoms with Crippen molar-refractivity contribution in [1.29, 1.82) is 0 Å². The Morgan fingerprint density at radius 3 is 2.44 bits per heavy atom. The van der Waals surface area contributed by atoms with E-state index in [1.807, 2.05) is 24.3 Å². The number of pyridine rings is 1. The lowest BCUT2D eigenvalue weighted by atomic mass is 10.1. The summed E-state index contributed by atoms with van der Waals surface area (Å²) < 4.78 is 26.6. The molecule has 1 aromatic heterocycles. The van der Waals surface area contributed by atoms with Gasteiger partial charge in [-0.3, -0.25) is 9.69 Å². The molecule has 0 aliphatic carbocycles. The van der Waals surface area contributed by atoms with E-state index in [0.717, 1.165) is 17.3 Å². The molecule has 132 valence electrons. The predicted octanol–water partition coefficient (Wildman–Crippen LogP) is 1.81. The van der Waals surface area contributed by atoms with Gasteiger partial charge in [0.2, 0.25) is 0 Å². The highest BCUT2D eigenvalue weighted by Crippen LogP contribution is 2.15. The largest absolute Gasteiger partial charge is 0.392 e. The fraction of sp³-hybridized carbons (Fsp3) is 0.333. The first-order valence-corrected chi connectivity index (χ1v) is 8.09. The smallest absolute Gasteiger partial charge is 0.275 e. The average Bonchev–Trinajstić information content (AvgIpc) is 2.62. The Balaban J connectivity index is 1.61. The molecule has 0 spiro atoms. The minimum absolute atomic E-state index is 0.00978. The standard InChI is InChI=1S/C18H19F2N3O2/c19-15-9-16(20)17(21-10-15)18(25)23-7-5-22(6-8-23)11-13-3-1-2-4-14(13)12-24/h1-4,9-10,24H,5-8,11-12H2. The molecule has 1 fully saturated rings. The Morgan fingerprint density at radius 2 is 1.80 bits per heavy atom. The minimum Gasteiger partial charge on any atom is -0.392 e. The van der Waals surface area contributed by atoms with E-state index in [0.29, 0.717) is 38.8 Å². The lowest BCUT2D eigenvalue weighted by molar-refractivity contribution is 0.0617. The molecule has 0 radical (unpaired) electrons. The molecule has 1 aliphatic rings. The van der Waals surface area contributed by atoms with Crippen molar-refractivity contribution in [1.82, 2.24) is 14.8 Å². The molecule has 2 aromatic rings. The molecule has 7 heteroatoms. The van der Waals surface area contributed by atoms with Gasteiger partial charge >= 0.3 is 0 Å². The maximum Gasteiger partial charge on any atom is 0.275 e. The van der Waals surface area contributed by atoms with Crippen molar-refractivity contribution < 1.29 is 18.7 Å². The van der Waals surface area contributed by atoms with Crippen molar-refractivity contribution in [3.63, 3.8) is 0 Å². The molecule has 1 amide bonds. The van der Waals surface area contributed by atoms with Crippen LogP contribution in [-0.2, 0) is 13.2 Å². The number of rotatable bonds is 4. The van der Waals surface area contributed by atoms with Crippen molar-refractivity contribution in [3.05, 3.63) is 65.0 Å². The first-order valence-electron chi connectivity index (χ1n) is 8.09. The van der Waals surface area contributed by atoms with Crippen molar-refractivity contribution >= 4 is 5.91 Å². The molecule has 0 unspecified atom stereocenters. The minimum atomic E-state index is -0.940. The first kappa shape index (κ1) is 17.4.